The molecule has 1 N–H and O–H groups in total. The number of likely N-dealkylation sites (tertiary alicyclic amines) is 2. The fourth-order valence-electron chi connectivity index (χ4n) is 3.71. The van der Waals surface area contributed by atoms with Crippen molar-refractivity contribution >= 4 is 17.7 Å². The first-order chi connectivity index (χ1) is 11.0. The van der Waals surface area contributed by atoms with Crippen molar-refractivity contribution in [3.8, 4) is 0 Å². The quantitative estimate of drug-likeness (QED) is 0.870. The number of piperidine rings is 2. The van der Waals surface area contributed by atoms with Gasteiger partial charge in [-0.2, -0.15) is 11.8 Å². The molecule has 0 saturated carbocycles. The first kappa shape index (κ1) is 16.8. The van der Waals surface area contributed by atoms with E-state index < -0.39 is 5.60 Å². The highest BCUT2D eigenvalue weighted by atomic mass is 32.2. The predicted octanol–water partition coefficient (Wildman–Crippen LogP) is 0.568. The van der Waals surface area contributed by atoms with Crippen LogP contribution in [0.25, 0.3) is 0 Å². The largest absolute Gasteiger partial charge is 0.389 e. The Hall–Kier alpha value is -1.05. The molecule has 3 rings (SSSR count). The molecule has 0 bridgehead atoms. The van der Waals surface area contributed by atoms with Crippen molar-refractivity contribution in [3.63, 3.8) is 0 Å². The van der Waals surface area contributed by atoms with Gasteiger partial charge in [0.15, 0.2) is 0 Å². The number of rotatable bonds is 4. The average molecular weight is 338 g/mol. The van der Waals surface area contributed by atoms with Crippen molar-refractivity contribution in [2.45, 2.75) is 25.0 Å². The first-order valence-electron chi connectivity index (χ1n) is 8.19. The minimum atomic E-state index is -0.603. The molecule has 2 fully saturated rings. The van der Waals surface area contributed by atoms with Crippen LogP contribution in [0.4, 0.5) is 0 Å². The van der Waals surface area contributed by atoms with E-state index in [-0.39, 0.29) is 11.8 Å². The van der Waals surface area contributed by atoms with Crippen LogP contribution in [-0.2, 0) is 18.4 Å². The highest BCUT2D eigenvalue weighted by Gasteiger charge is 2.45. The molecule has 0 aromatic carbocycles. The van der Waals surface area contributed by atoms with E-state index in [1.54, 1.807) is 11.8 Å². The maximum atomic E-state index is 12.2. The molecule has 0 spiro atoms. The van der Waals surface area contributed by atoms with Crippen LogP contribution in [-0.4, -0.2) is 74.2 Å². The molecule has 6 nitrogen and oxygen atoms in total. The van der Waals surface area contributed by atoms with Crippen molar-refractivity contribution in [2.75, 3.05) is 38.2 Å². The van der Waals surface area contributed by atoms with Gasteiger partial charge in [-0.25, -0.2) is 4.98 Å². The number of amides is 1. The molecule has 1 aromatic heterocycles. The summed E-state index contributed by atoms with van der Waals surface area (Å²) in [6.07, 6.45) is 7.21. The summed E-state index contributed by atoms with van der Waals surface area (Å²) in [5, 5.41) is 10.9. The van der Waals surface area contributed by atoms with Gasteiger partial charge in [0.25, 0.3) is 0 Å². The lowest BCUT2D eigenvalue weighted by Crippen LogP contribution is -2.60. The van der Waals surface area contributed by atoms with Gasteiger partial charge in [-0.1, -0.05) is 0 Å². The number of hydrogen-bond acceptors (Lipinski definition) is 5. The van der Waals surface area contributed by atoms with E-state index in [0.29, 0.717) is 25.3 Å². The topological polar surface area (TPSA) is 61.6 Å². The highest BCUT2D eigenvalue weighted by Crippen LogP contribution is 2.35. The van der Waals surface area contributed by atoms with E-state index >= 15 is 0 Å². The van der Waals surface area contributed by atoms with Crippen molar-refractivity contribution in [3.05, 3.63) is 18.2 Å². The average Bonchev–Trinajstić information content (AvgIpc) is 2.92. The van der Waals surface area contributed by atoms with E-state index in [0.717, 1.165) is 31.9 Å². The van der Waals surface area contributed by atoms with E-state index in [1.165, 1.54) is 0 Å². The Bertz CT molecular complexity index is 564. The Labute approximate surface area is 141 Å². The van der Waals surface area contributed by atoms with Crippen LogP contribution in [0.2, 0.25) is 0 Å². The zero-order chi connectivity index (χ0) is 16.4. The Morgan fingerprint density at radius 2 is 2.22 bits per heavy atom. The molecular weight excluding hydrogens is 312 g/mol. The number of carbonyl (C=O) groups is 1. The molecule has 2 atom stereocenters. The molecule has 7 heteroatoms. The van der Waals surface area contributed by atoms with Crippen molar-refractivity contribution in [1.29, 1.82) is 0 Å². The second kappa shape index (κ2) is 6.83. The second-order valence-electron chi connectivity index (χ2n) is 6.76. The third-order valence-corrected chi connectivity index (χ3v) is 5.80. The summed E-state index contributed by atoms with van der Waals surface area (Å²) < 4.78 is 2.04. The van der Waals surface area contributed by atoms with E-state index in [9.17, 15) is 9.90 Å². The van der Waals surface area contributed by atoms with Gasteiger partial charge in [0.05, 0.1) is 17.9 Å². The van der Waals surface area contributed by atoms with Crippen molar-refractivity contribution < 1.29 is 9.90 Å². The fourth-order valence-corrected chi connectivity index (χ4v) is 4.13. The molecule has 2 aliphatic heterocycles. The minimum absolute atomic E-state index is 0.135. The maximum Gasteiger partial charge on any atom is 0.232 e. The third kappa shape index (κ3) is 3.56. The Kier molecular flexibility index (Phi) is 4.98. The second-order valence-corrected chi connectivity index (χ2v) is 7.63. The SMILES string of the molecule is CSCC(=O)N1CC[C@]2(O)CCN(Cc3nccn3C)C[C@@H]2C1. The number of fused-ring (bicyclic) bond motifs is 1. The van der Waals surface area contributed by atoms with E-state index in [2.05, 4.69) is 9.88 Å². The number of nitrogens with zero attached hydrogens (tertiary/aromatic N) is 4. The smallest absolute Gasteiger partial charge is 0.232 e. The lowest BCUT2D eigenvalue weighted by atomic mass is 9.75. The monoisotopic (exact) mass is 338 g/mol. The van der Waals surface area contributed by atoms with Crippen LogP contribution in [0, 0.1) is 5.92 Å². The molecule has 0 aliphatic carbocycles. The van der Waals surface area contributed by atoms with Crippen LogP contribution in [0.3, 0.4) is 0 Å². The lowest BCUT2D eigenvalue weighted by Gasteiger charge is -2.50. The minimum Gasteiger partial charge on any atom is -0.389 e. The van der Waals surface area contributed by atoms with E-state index in [1.807, 2.05) is 35.2 Å². The van der Waals surface area contributed by atoms with Gasteiger partial charge >= 0.3 is 0 Å². The predicted molar refractivity (Wildman–Crippen MR) is 91.1 cm³/mol. The zero-order valence-electron chi connectivity index (χ0n) is 13.9. The molecule has 1 aromatic rings. The molecule has 3 heterocycles. The Balaban J connectivity index is 1.64. The standard InChI is InChI=1S/C16H26N4O2S/c1-18-8-5-17-14(18)11-19-6-3-16(22)4-7-20(10-13(16)9-19)15(21)12-23-2/h5,8,13,22H,3-4,6-7,9-12H2,1-2H3/t13-,16-/m1/s1. The summed E-state index contributed by atoms with van der Waals surface area (Å²) in [4.78, 5) is 20.8. The summed E-state index contributed by atoms with van der Waals surface area (Å²) in [5.41, 5.74) is -0.603. The number of aryl methyl sites for hydroxylation is 1. The number of aliphatic hydroxyl groups is 1. The van der Waals surface area contributed by atoms with Gasteiger partial charge in [0.1, 0.15) is 5.82 Å². The number of carbonyl (C=O) groups excluding carboxylic acids is 1. The highest BCUT2D eigenvalue weighted by molar-refractivity contribution is 7.99. The molecule has 23 heavy (non-hydrogen) atoms. The number of thioether (sulfide) groups is 1. The summed E-state index contributed by atoms with van der Waals surface area (Å²) in [6.45, 7) is 3.87. The Morgan fingerprint density at radius 3 is 2.91 bits per heavy atom. The molecule has 128 valence electrons. The number of aromatic nitrogens is 2. The molecule has 2 aliphatic rings. The van der Waals surface area contributed by atoms with E-state index in [4.69, 9.17) is 0 Å². The number of imidazole rings is 1. The van der Waals surface area contributed by atoms with Crippen LogP contribution in [0.1, 0.15) is 18.7 Å². The zero-order valence-corrected chi connectivity index (χ0v) is 14.8. The van der Waals surface area contributed by atoms with Crippen LogP contribution in [0.15, 0.2) is 12.4 Å². The third-order valence-electron chi connectivity index (χ3n) is 5.26. The molecule has 0 unspecified atom stereocenters. The van der Waals surface area contributed by atoms with Gasteiger partial charge in [-0.15, -0.1) is 0 Å². The van der Waals surface area contributed by atoms with Gasteiger partial charge in [-0.05, 0) is 19.1 Å². The first-order valence-corrected chi connectivity index (χ1v) is 9.59. The lowest BCUT2D eigenvalue weighted by molar-refractivity contribution is -0.144. The summed E-state index contributed by atoms with van der Waals surface area (Å²) >= 11 is 1.56. The van der Waals surface area contributed by atoms with Crippen molar-refractivity contribution in [1.82, 2.24) is 19.4 Å². The molecule has 1 amide bonds. The molecular formula is C16H26N4O2S. The van der Waals surface area contributed by atoms with Crippen LogP contribution in [0.5, 0.6) is 0 Å². The van der Waals surface area contributed by atoms with Gasteiger partial charge < -0.3 is 14.6 Å². The maximum absolute atomic E-state index is 12.2. The molecule has 2 saturated heterocycles. The summed E-state index contributed by atoms with van der Waals surface area (Å²) in [7, 11) is 2.01. The summed E-state index contributed by atoms with van der Waals surface area (Å²) in [5.74, 6) is 1.90. The fraction of sp³-hybridized carbons (Fsp3) is 0.750. The van der Waals surface area contributed by atoms with Crippen LogP contribution >= 0.6 is 11.8 Å². The Morgan fingerprint density at radius 1 is 1.43 bits per heavy atom. The van der Waals surface area contributed by atoms with Crippen LogP contribution < -0.4 is 0 Å². The van der Waals surface area contributed by atoms with Gasteiger partial charge in [0.2, 0.25) is 5.91 Å². The number of hydrogen-bond donors (Lipinski definition) is 1. The molecule has 0 radical (unpaired) electrons. The van der Waals surface area contributed by atoms with Crippen molar-refractivity contribution in [2.24, 2.45) is 13.0 Å². The normalized spacial score (nSPS) is 28.7. The van der Waals surface area contributed by atoms with Gasteiger partial charge in [0, 0.05) is 51.5 Å². The van der Waals surface area contributed by atoms with Gasteiger partial charge in [-0.3, -0.25) is 9.69 Å². The summed E-state index contributed by atoms with van der Waals surface area (Å²) in [6, 6.07) is 0.